The number of hydrogen-bond acceptors (Lipinski definition) is 13. The number of rotatable bonds is 20. The van der Waals surface area contributed by atoms with Gasteiger partial charge in [-0.15, -0.1) is 0 Å². The molecule has 4 N–H and O–H groups in total. The zero-order valence-electron chi connectivity index (χ0n) is 27.9. The number of benzene rings is 1. The SMILES string of the molecule is CCC(Nc1nc(C2CCCCCC2)nc(N(N)c2ccc(OC(=O)CCOCCOCCOCCOC)c(F)c2)n1)C1CCCN1. The number of hydrogen-bond donors (Lipinski definition) is 3. The van der Waals surface area contributed by atoms with Crippen LogP contribution in [0.25, 0.3) is 0 Å². The van der Waals surface area contributed by atoms with Gasteiger partial charge in [0, 0.05) is 31.2 Å². The molecule has 1 aliphatic carbocycles. The van der Waals surface area contributed by atoms with Crippen LogP contribution in [-0.2, 0) is 23.7 Å². The number of nitrogens with zero attached hydrogens (tertiary/aromatic N) is 4. The minimum absolute atomic E-state index is 0.0377. The first-order valence-corrected chi connectivity index (χ1v) is 17.0. The molecule has 1 aliphatic heterocycles. The number of esters is 1. The average molecular weight is 662 g/mol. The molecule has 2 aromatic rings. The van der Waals surface area contributed by atoms with Crippen LogP contribution in [0.2, 0.25) is 0 Å². The van der Waals surface area contributed by atoms with Crippen molar-refractivity contribution < 1.29 is 32.9 Å². The van der Waals surface area contributed by atoms with E-state index in [-0.39, 0.29) is 36.7 Å². The molecule has 1 aromatic heterocycles. The largest absolute Gasteiger partial charge is 0.423 e. The third-order valence-corrected chi connectivity index (χ3v) is 8.46. The number of carbonyl (C=O) groups excluding carboxylic acids is 1. The molecule has 14 heteroatoms. The van der Waals surface area contributed by atoms with Gasteiger partial charge in [0.25, 0.3) is 0 Å². The Hall–Kier alpha value is -3.01. The summed E-state index contributed by atoms with van der Waals surface area (Å²) in [5.74, 6) is 6.56. The molecule has 4 rings (SSSR count). The van der Waals surface area contributed by atoms with Crippen LogP contribution in [0.15, 0.2) is 18.2 Å². The van der Waals surface area contributed by atoms with Gasteiger partial charge >= 0.3 is 5.97 Å². The molecule has 2 atom stereocenters. The minimum Gasteiger partial charge on any atom is -0.423 e. The van der Waals surface area contributed by atoms with Crippen LogP contribution in [0, 0.1) is 5.82 Å². The van der Waals surface area contributed by atoms with Gasteiger partial charge in [0.2, 0.25) is 11.9 Å². The Labute approximate surface area is 277 Å². The van der Waals surface area contributed by atoms with E-state index in [0.29, 0.717) is 63.1 Å². The van der Waals surface area contributed by atoms with E-state index in [2.05, 4.69) is 22.5 Å². The number of ether oxygens (including phenoxy) is 5. The predicted molar refractivity (Wildman–Crippen MR) is 176 cm³/mol. The highest BCUT2D eigenvalue weighted by atomic mass is 19.1. The summed E-state index contributed by atoms with van der Waals surface area (Å²) in [5.41, 5.74) is 0.309. The second-order valence-corrected chi connectivity index (χ2v) is 11.9. The smallest absolute Gasteiger partial charge is 0.313 e. The van der Waals surface area contributed by atoms with Crippen LogP contribution in [0.3, 0.4) is 0 Å². The Bertz CT molecular complexity index is 1210. The molecule has 0 amide bonds. The molecule has 2 unspecified atom stereocenters. The normalized spacial score (nSPS) is 17.7. The number of methoxy groups -OCH3 is 1. The number of aromatic nitrogens is 3. The van der Waals surface area contributed by atoms with E-state index in [1.807, 2.05) is 0 Å². The highest BCUT2D eigenvalue weighted by Gasteiger charge is 2.26. The second kappa shape index (κ2) is 20.4. The van der Waals surface area contributed by atoms with Gasteiger partial charge in [-0.25, -0.2) is 15.2 Å². The van der Waals surface area contributed by atoms with Crippen LogP contribution in [-0.4, -0.2) is 92.9 Å². The quantitative estimate of drug-likeness (QED) is 0.0459. The van der Waals surface area contributed by atoms with Gasteiger partial charge in [-0.2, -0.15) is 15.0 Å². The van der Waals surface area contributed by atoms with Crippen molar-refractivity contribution in [3.8, 4) is 5.75 Å². The van der Waals surface area contributed by atoms with Crippen molar-refractivity contribution in [2.45, 2.75) is 89.1 Å². The molecule has 47 heavy (non-hydrogen) atoms. The van der Waals surface area contributed by atoms with E-state index >= 15 is 4.39 Å². The topological polar surface area (TPSA) is 155 Å². The first-order chi connectivity index (χ1) is 23.0. The molecular formula is C33H52FN7O6. The Balaban J connectivity index is 1.33. The number of nitrogens with one attached hydrogen (secondary N) is 2. The zero-order chi connectivity index (χ0) is 33.3. The summed E-state index contributed by atoms with van der Waals surface area (Å²) in [6.45, 7) is 5.91. The van der Waals surface area contributed by atoms with Gasteiger partial charge in [-0.05, 0) is 50.8 Å². The fourth-order valence-electron chi connectivity index (χ4n) is 5.83. The van der Waals surface area contributed by atoms with E-state index in [4.69, 9.17) is 39.5 Å². The maximum atomic E-state index is 15.1. The molecule has 2 fully saturated rings. The summed E-state index contributed by atoms with van der Waals surface area (Å²) in [4.78, 5) is 26.6. The number of halogens is 1. The third-order valence-electron chi connectivity index (χ3n) is 8.46. The fourth-order valence-corrected chi connectivity index (χ4v) is 5.83. The number of hydrazine groups is 1. The highest BCUT2D eigenvalue weighted by Crippen LogP contribution is 2.32. The average Bonchev–Trinajstić information content (AvgIpc) is 3.48. The Morgan fingerprint density at radius 2 is 1.68 bits per heavy atom. The molecule has 0 radical (unpaired) electrons. The first-order valence-electron chi connectivity index (χ1n) is 17.0. The zero-order valence-corrected chi connectivity index (χ0v) is 27.9. The second-order valence-electron chi connectivity index (χ2n) is 11.9. The molecule has 1 saturated carbocycles. The molecule has 2 aliphatic rings. The lowest BCUT2D eigenvalue weighted by Crippen LogP contribution is -2.40. The Morgan fingerprint density at radius 1 is 0.979 bits per heavy atom. The molecule has 1 saturated heterocycles. The molecule has 13 nitrogen and oxygen atoms in total. The van der Waals surface area contributed by atoms with Gasteiger partial charge < -0.3 is 34.3 Å². The summed E-state index contributed by atoms with van der Waals surface area (Å²) in [5, 5.41) is 8.35. The van der Waals surface area contributed by atoms with E-state index in [9.17, 15) is 4.79 Å². The molecule has 0 spiro atoms. The van der Waals surface area contributed by atoms with Gasteiger partial charge in [-0.3, -0.25) is 4.79 Å². The van der Waals surface area contributed by atoms with Crippen LogP contribution in [0.5, 0.6) is 5.75 Å². The molecule has 262 valence electrons. The van der Waals surface area contributed by atoms with Crippen LogP contribution in [0.4, 0.5) is 22.0 Å². The first kappa shape index (κ1) is 36.8. The maximum absolute atomic E-state index is 15.1. The number of nitrogens with two attached hydrogens (primary N) is 1. The van der Waals surface area contributed by atoms with Gasteiger partial charge in [-0.1, -0.05) is 32.6 Å². The predicted octanol–water partition coefficient (Wildman–Crippen LogP) is 4.39. The third kappa shape index (κ3) is 12.2. The van der Waals surface area contributed by atoms with Crippen molar-refractivity contribution in [2.24, 2.45) is 5.84 Å². The lowest BCUT2D eigenvalue weighted by molar-refractivity contribution is -0.135. The number of anilines is 3. The summed E-state index contributed by atoms with van der Waals surface area (Å²) >= 11 is 0. The Morgan fingerprint density at radius 3 is 2.32 bits per heavy atom. The van der Waals surface area contributed by atoms with Gasteiger partial charge in [0.05, 0.1) is 58.4 Å². The van der Waals surface area contributed by atoms with E-state index in [1.54, 1.807) is 13.2 Å². The maximum Gasteiger partial charge on any atom is 0.313 e. The van der Waals surface area contributed by atoms with Crippen molar-refractivity contribution in [3.63, 3.8) is 0 Å². The van der Waals surface area contributed by atoms with Crippen molar-refractivity contribution in [3.05, 3.63) is 29.8 Å². The highest BCUT2D eigenvalue weighted by molar-refractivity contribution is 5.73. The van der Waals surface area contributed by atoms with Crippen LogP contribution < -0.4 is 26.2 Å². The minimum atomic E-state index is -0.733. The van der Waals surface area contributed by atoms with E-state index < -0.39 is 11.8 Å². The number of carbonyl (C=O) groups is 1. The molecule has 1 aromatic carbocycles. The van der Waals surface area contributed by atoms with Crippen molar-refractivity contribution in [1.82, 2.24) is 20.3 Å². The monoisotopic (exact) mass is 661 g/mol. The van der Waals surface area contributed by atoms with Gasteiger partial charge in [0.15, 0.2) is 11.6 Å². The fraction of sp³-hybridized carbons (Fsp3) is 0.697. The van der Waals surface area contributed by atoms with E-state index in [0.717, 1.165) is 51.5 Å². The summed E-state index contributed by atoms with van der Waals surface area (Å²) < 4.78 is 41.4. The van der Waals surface area contributed by atoms with Gasteiger partial charge in [0.1, 0.15) is 5.82 Å². The molecular weight excluding hydrogens is 609 g/mol. The van der Waals surface area contributed by atoms with Crippen molar-refractivity contribution in [2.75, 3.05) is 70.2 Å². The summed E-state index contributed by atoms with van der Waals surface area (Å²) in [7, 11) is 1.62. The van der Waals surface area contributed by atoms with Crippen LogP contribution in [0.1, 0.15) is 82.9 Å². The molecule has 2 heterocycles. The summed E-state index contributed by atoms with van der Waals surface area (Å²) in [6, 6.07) is 4.63. The Kier molecular flexibility index (Phi) is 16.0. The standard InChI is InChI=1S/C33H52FN7O6/c1-3-27(28-11-8-15-36-28)37-32-38-31(24-9-6-4-5-7-10-24)39-33(40-32)41(35)25-12-13-29(26(34)23-25)47-30(42)14-16-44-19-20-46-22-21-45-18-17-43-2/h12-13,23-24,27-28,36H,3-11,14-22,35H2,1-2H3,(H,37,38,39,40). The van der Waals surface area contributed by atoms with Crippen molar-refractivity contribution in [1.29, 1.82) is 0 Å². The van der Waals surface area contributed by atoms with Crippen LogP contribution >= 0.6 is 0 Å². The van der Waals surface area contributed by atoms with E-state index in [1.165, 1.54) is 30.0 Å². The van der Waals surface area contributed by atoms with Crippen molar-refractivity contribution >= 4 is 23.6 Å². The summed E-state index contributed by atoms with van der Waals surface area (Å²) in [6.07, 6.45) is 9.78. The lowest BCUT2D eigenvalue weighted by Gasteiger charge is -2.25. The molecule has 0 bridgehead atoms. The lowest BCUT2D eigenvalue weighted by atomic mass is 10.00.